The van der Waals surface area contributed by atoms with Gasteiger partial charge in [0.25, 0.3) is 0 Å². The van der Waals surface area contributed by atoms with Gasteiger partial charge in [-0.3, -0.25) is 0 Å². The van der Waals surface area contributed by atoms with Crippen LogP contribution in [0.1, 0.15) is 33.6 Å². The molecular weight excluding hydrogens is 240 g/mol. The quantitative estimate of drug-likeness (QED) is 0.877. The lowest BCUT2D eigenvalue weighted by Crippen LogP contribution is -2.34. The minimum atomic E-state index is -0.0197. The van der Waals surface area contributed by atoms with Crippen molar-refractivity contribution >= 4 is 17.5 Å². The highest BCUT2D eigenvalue weighted by Gasteiger charge is 2.38. The van der Waals surface area contributed by atoms with Crippen LogP contribution in [0, 0.1) is 5.92 Å². The summed E-state index contributed by atoms with van der Waals surface area (Å²) in [6.07, 6.45) is 2.49. The molecule has 94 valence electrons. The van der Waals surface area contributed by atoms with Crippen LogP contribution in [0.4, 0.5) is 5.95 Å². The molecule has 0 radical (unpaired) electrons. The molecule has 17 heavy (non-hydrogen) atoms. The molecule has 0 bridgehead atoms. The number of rotatable bonds is 5. The first-order valence-corrected chi connectivity index (χ1v) is 6.21. The van der Waals surface area contributed by atoms with Crippen LogP contribution in [0.3, 0.4) is 0 Å². The second-order valence-electron chi connectivity index (χ2n) is 4.76. The number of ether oxygens (including phenoxy) is 1. The van der Waals surface area contributed by atoms with Crippen LogP contribution in [0.15, 0.2) is 0 Å². The molecule has 1 aromatic rings. The molecule has 0 saturated heterocycles. The van der Waals surface area contributed by atoms with Gasteiger partial charge in [0.2, 0.25) is 11.2 Å². The molecule has 5 nitrogen and oxygen atoms in total. The van der Waals surface area contributed by atoms with E-state index in [1.165, 1.54) is 12.8 Å². The molecule has 1 heterocycles. The van der Waals surface area contributed by atoms with Gasteiger partial charge >= 0.3 is 6.01 Å². The Hall–Kier alpha value is -1.10. The lowest BCUT2D eigenvalue weighted by atomic mass is 9.99. The normalized spacial score (nSPS) is 15.8. The standard InChI is InChI=1S/C11H17ClN4O/c1-4-17-10-14-8(12)13-9(15-10)16-11(2,3)7-5-6-7/h7H,4-6H2,1-3H3,(H,13,14,15,16). The molecule has 1 aliphatic rings. The minimum Gasteiger partial charge on any atom is -0.464 e. The average molecular weight is 257 g/mol. The number of hydrogen-bond acceptors (Lipinski definition) is 5. The summed E-state index contributed by atoms with van der Waals surface area (Å²) in [6.45, 7) is 6.66. The van der Waals surface area contributed by atoms with Gasteiger partial charge in [-0.2, -0.15) is 15.0 Å². The molecule has 1 saturated carbocycles. The molecule has 0 aromatic carbocycles. The number of nitrogens with zero attached hydrogens (tertiary/aromatic N) is 3. The zero-order chi connectivity index (χ0) is 12.5. The van der Waals surface area contributed by atoms with Crippen molar-refractivity contribution in [1.82, 2.24) is 15.0 Å². The molecule has 1 aliphatic carbocycles. The highest BCUT2D eigenvalue weighted by atomic mass is 35.5. The van der Waals surface area contributed by atoms with Crippen molar-refractivity contribution in [3.63, 3.8) is 0 Å². The molecule has 1 aromatic heterocycles. The molecule has 6 heteroatoms. The molecule has 1 N–H and O–H groups in total. The fourth-order valence-electron chi connectivity index (χ4n) is 1.78. The third-order valence-corrected chi connectivity index (χ3v) is 3.06. The Labute approximate surface area is 106 Å². The average Bonchev–Trinajstić information content (AvgIpc) is 2.98. The van der Waals surface area contributed by atoms with Crippen LogP contribution in [0.5, 0.6) is 6.01 Å². The molecule has 1 fully saturated rings. The van der Waals surface area contributed by atoms with E-state index in [0.717, 1.165) is 0 Å². The van der Waals surface area contributed by atoms with Crippen LogP contribution in [0.25, 0.3) is 0 Å². The van der Waals surface area contributed by atoms with Gasteiger partial charge in [-0.25, -0.2) is 0 Å². The molecule has 0 unspecified atom stereocenters. The highest BCUT2D eigenvalue weighted by Crippen LogP contribution is 2.40. The first-order valence-electron chi connectivity index (χ1n) is 5.84. The van der Waals surface area contributed by atoms with Crippen molar-refractivity contribution in [2.75, 3.05) is 11.9 Å². The number of halogens is 1. The fraction of sp³-hybridized carbons (Fsp3) is 0.727. The number of hydrogen-bond donors (Lipinski definition) is 1. The Morgan fingerprint density at radius 1 is 1.35 bits per heavy atom. The Balaban J connectivity index is 2.14. The first-order chi connectivity index (χ1) is 8.01. The lowest BCUT2D eigenvalue weighted by molar-refractivity contribution is 0.311. The van der Waals surface area contributed by atoms with Gasteiger partial charge in [0.05, 0.1) is 6.61 Å². The van der Waals surface area contributed by atoms with Gasteiger partial charge in [-0.15, -0.1) is 0 Å². The SMILES string of the molecule is CCOc1nc(Cl)nc(NC(C)(C)C2CC2)n1. The van der Waals surface area contributed by atoms with E-state index in [2.05, 4.69) is 34.1 Å². The van der Waals surface area contributed by atoms with E-state index >= 15 is 0 Å². The Morgan fingerprint density at radius 3 is 2.65 bits per heavy atom. The fourth-order valence-corrected chi connectivity index (χ4v) is 1.93. The molecule has 0 aliphatic heterocycles. The Morgan fingerprint density at radius 2 is 2.06 bits per heavy atom. The summed E-state index contributed by atoms with van der Waals surface area (Å²) < 4.78 is 5.23. The Bertz CT molecular complexity index is 406. The monoisotopic (exact) mass is 256 g/mol. The van der Waals surface area contributed by atoms with Crippen LogP contribution >= 0.6 is 11.6 Å². The summed E-state index contributed by atoms with van der Waals surface area (Å²) in [5.74, 6) is 1.15. The van der Waals surface area contributed by atoms with Crippen LogP contribution < -0.4 is 10.1 Å². The summed E-state index contributed by atoms with van der Waals surface area (Å²) in [4.78, 5) is 12.1. The third kappa shape index (κ3) is 3.19. The van der Waals surface area contributed by atoms with E-state index in [0.29, 0.717) is 18.5 Å². The van der Waals surface area contributed by atoms with E-state index < -0.39 is 0 Å². The van der Waals surface area contributed by atoms with Crippen molar-refractivity contribution in [3.8, 4) is 6.01 Å². The maximum atomic E-state index is 5.83. The topological polar surface area (TPSA) is 59.9 Å². The smallest absolute Gasteiger partial charge is 0.322 e. The van der Waals surface area contributed by atoms with Gasteiger partial charge in [-0.05, 0) is 51.1 Å². The molecule has 0 amide bonds. The molecule has 2 rings (SSSR count). The third-order valence-electron chi connectivity index (χ3n) is 2.89. The second kappa shape index (κ2) is 4.64. The predicted octanol–water partition coefficient (Wildman–Crippen LogP) is 2.52. The summed E-state index contributed by atoms with van der Waals surface area (Å²) >= 11 is 5.83. The summed E-state index contributed by atoms with van der Waals surface area (Å²) in [5.41, 5.74) is -0.0197. The zero-order valence-corrected chi connectivity index (χ0v) is 11.1. The molecule has 0 atom stereocenters. The van der Waals surface area contributed by atoms with Gasteiger partial charge in [0, 0.05) is 5.54 Å². The van der Waals surface area contributed by atoms with Gasteiger partial charge in [0.1, 0.15) is 0 Å². The molecular formula is C11H17ClN4O. The van der Waals surface area contributed by atoms with Gasteiger partial charge in [0.15, 0.2) is 0 Å². The minimum absolute atomic E-state index is 0.0197. The van der Waals surface area contributed by atoms with E-state index in [-0.39, 0.29) is 16.8 Å². The van der Waals surface area contributed by atoms with E-state index in [4.69, 9.17) is 16.3 Å². The van der Waals surface area contributed by atoms with E-state index in [1.54, 1.807) is 0 Å². The summed E-state index contributed by atoms with van der Waals surface area (Å²) in [5, 5.41) is 3.44. The van der Waals surface area contributed by atoms with Gasteiger partial charge in [-0.1, -0.05) is 0 Å². The van der Waals surface area contributed by atoms with E-state index in [1.807, 2.05) is 6.92 Å². The zero-order valence-electron chi connectivity index (χ0n) is 10.3. The van der Waals surface area contributed by atoms with Crippen molar-refractivity contribution < 1.29 is 4.74 Å². The molecule has 0 spiro atoms. The predicted molar refractivity (Wildman–Crippen MR) is 66.4 cm³/mol. The summed E-state index contributed by atoms with van der Waals surface area (Å²) in [7, 11) is 0. The van der Waals surface area contributed by atoms with Crippen LogP contribution in [-0.2, 0) is 0 Å². The maximum Gasteiger partial charge on any atom is 0.322 e. The van der Waals surface area contributed by atoms with Crippen molar-refractivity contribution in [3.05, 3.63) is 5.28 Å². The number of aromatic nitrogens is 3. The highest BCUT2D eigenvalue weighted by molar-refractivity contribution is 6.28. The van der Waals surface area contributed by atoms with E-state index in [9.17, 15) is 0 Å². The summed E-state index contributed by atoms with van der Waals surface area (Å²) in [6, 6.07) is 0.265. The lowest BCUT2D eigenvalue weighted by Gasteiger charge is -2.26. The first kappa shape index (κ1) is 12.4. The maximum absolute atomic E-state index is 5.83. The van der Waals surface area contributed by atoms with Gasteiger partial charge < -0.3 is 10.1 Å². The van der Waals surface area contributed by atoms with Crippen molar-refractivity contribution in [1.29, 1.82) is 0 Å². The number of nitrogens with one attached hydrogen (secondary N) is 1. The van der Waals surface area contributed by atoms with Crippen molar-refractivity contribution in [2.24, 2.45) is 5.92 Å². The van der Waals surface area contributed by atoms with Crippen LogP contribution in [0.2, 0.25) is 5.28 Å². The van der Waals surface area contributed by atoms with Crippen molar-refractivity contribution in [2.45, 2.75) is 39.2 Å². The van der Waals surface area contributed by atoms with Crippen LogP contribution in [-0.4, -0.2) is 27.1 Å². The largest absolute Gasteiger partial charge is 0.464 e. The second-order valence-corrected chi connectivity index (χ2v) is 5.10. The number of anilines is 1. The Kier molecular flexibility index (Phi) is 3.38.